The van der Waals surface area contributed by atoms with Gasteiger partial charge in [0.25, 0.3) is 5.56 Å². The molecule has 0 spiro atoms. The minimum atomic E-state index is -0.568. The second kappa shape index (κ2) is 5.16. The number of hydrogen-bond donors (Lipinski definition) is 1. The summed E-state index contributed by atoms with van der Waals surface area (Å²) in [6, 6.07) is 11.7. The van der Waals surface area contributed by atoms with Crippen LogP contribution in [-0.4, -0.2) is 14.5 Å². The molecule has 5 nitrogen and oxygen atoms in total. The molecule has 0 amide bonds. The van der Waals surface area contributed by atoms with Gasteiger partial charge in [-0.2, -0.15) is 0 Å². The van der Waals surface area contributed by atoms with Gasteiger partial charge >= 0.3 is 0 Å². The molecule has 0 radical (unpaired) electrons. The average Bonchev–Trinajstić information content (AvgIpc) is 2.50. The highest BCUT2D eigenvalue weighted by Crippen LogP contribution is 2.22. The first kappa shape index (κ1) is 13.0. The molecule has 1 aromatic carbocycles. The van der Waals surface area contributed by atoms with Crippen molar-refractivity contribution in [3.05, 3.63) is 71.0 Å². The van der Waals surface area contributed by atoms with Crippen LogP contribution in [0.2, 0.25) is 0 Å². The highest BCUT2D eigenvalue weighted by atomic mass is 19.1. The van der Waals surface area contributed by atoms with Crippen LogP contribution in [0.3, 0.4) is 0 Å². The lowest BCUT2D eigenvalue weighted by Gasteiger charge is -2.08. The zero-order valence-corrected chi connectivity index (χ0v) is 10.9. The van der Waals surface area contributed by atoms with Crippen LogP contribution >= 0.6 is 0 Å². The van der Waals surface area contributed by atoms with E-state index in [-0.39, 0.29) is 17.2 Å². The molecule has 104 valence electrons. The van der Waals surface area contributed by atoms with E-state index in [4.69, 9.17) is 5.73 Å². The first-order valence-electron chi connectivity index (χ1n) is 6.21. The van der Waals surface area contributed by atoms with Crippen LogP contribution in [0.25, 0.3) is 16.9 Å². The van der Waals surface area contributed by atoms with Crippen molar-refractivity contribution < 1.29 is 4.39 Å². The van der Waals surface area contributed by atoms with Crippen molar-refractivity contribution in [3.8, 4) is 16.9 Å². The van der Waals surface area contributed by atoms with Gasteiger partial charge in [-0.25, -0.2) is 14.4 Å². The fourth-order valence-corrected chi connectivity index (χ4v) is 2.03. The molecule has 21 heavy (non-hydrogen) atoms. The Bertz CT molecular complexity index is 860. The minimum Gasteiger partial charge on any atom is -0.368 e. The van der Waals surface area contributed by atoms with E-state index in [1.54, 1.807) is 42.6 Å². The number of halogens is 1. The maximum Gasteiger partial charge on any atom is 0.255 e. The predicted octanol–water partition coefficient (Wildman–Crippen LogP) is 2.02. The molecule has 0 fully saturated rings. The lowest BCUT2D eigenvalue weighted by molar-refractivity contribution is 0.619. The largest absolute Gasteiger partial charge is 0.368 e. The van der Waals surface area contributed by atoms with Crippen molar-refractivity contribution in [1.82, 2.24) is 14.5 Å². The number of nitrogen functional groups attached to an aromatic ring is 1. The molecule has 0 atom stereocenters. The zero-order chi connectivity index (χ0) is 14.8. The van der Waals surface area contributed by atoms with Gasteiger partial charge in [-0.3, -0.25) is 9.36 Å². The predicted molar refractivity (Wildman–Crippen MR) is 77.4 cm³/mol. The fraction of sp³-hybridized carbons (Fsp3) is 0. The van der Waals surface area contributed by atoms with Crippen LogP contribution in [0.5, 0.6) is 0 Å². The van der Waals surface area contributed by atoms with E-state index in [2.05, 4.69) is 9.97 Å². The number of hydrogen-bond acceptors (Lipinski definition) is 4. The molecular formula is C15H11FN4O. The molecule has 0 aliphatic heterocycles. The molecule has 0 unspecified atom stereocenters. The Kier molecular flexibility index (Phi) is 3.19. The fourth-order valence-electron chi connectivity index (χ4n) is 2.03. The molecule has 0 saturated carbocycles. The lowest BCUT2D eigenvalue weighted by atomic mass is 10.1. The van der Waals surface area contributed by atoms with Crippen LogP contribution in [0.1, 0.15) is 0 Å². The third kappa shape index (κ3) is 2.51. The smallest absolute Gasteiger partial charge is 0.255 e. The normalized spacial score (nSPS) is 10.5. The lowest BCUT2D eigenvalue weighted by Crippen LogP contribution is -2.15. The van der Waals surface area contributed by atoms with Gasteiger partial charge in [0.1, 0.15) is 5.69 Å². The van der Waals surface area contributed by atoms with Crippen LogP contribution in [0, 0.1) is 5.82 Å². The molecule has 2 aromatic heterocycles. The molecule has 3 rings (SSSR count). The number of aromatic nitrogens is 3. The second-order valence-electron chi connectivity index (χ2n) is 4.38. The van der Waals surface area contributed by atoms with E-state index >= 15 is 0 Å². The Labute approximate surface area is 119 Å². The van der Waals surface area contributed by atoms with Crippen molar-refractivity contribution in [2.24, 2.45) is 0 Å². The number of nitrogens with zero attached hydrogens (tertiary/aromatic N) is 3. The maximum atomic E-state index is 13.8. The van der Waals surface area contributed by atoms with Crippen molar-refractivity contribution in [1.29, 1.82) is 0 Å². The van der Waals surface area contributed by atoms with E-state index in [9.17, 15) is 9.18 Å². The van der Waals surface area contributed by atoms with Crippen molar-refractivity contribution in [3.63, 3.8) is 0 Å². The summed E-state index contributed by atoms with van der Waals surface area (Å²) >= 11 is 0. The average molecular weight is 282 g/mol. The maximum absolute atomic E-state index is 13.8. The van der Waals surface area contributed by atoms with E-state index in [0.29, 0.717) is 11.3 Å². The third-order valence-electron chi connectivity index (χ3n) is 2.98. The van der Waals surface area contributed by atoms with E-state index in [1.165, 1.54) is 10.6 Å². The van der Waals surface area contributed by atoms with E-state index in [0.717, 1.165) is 6.20 Å². The summed E-state index contributed by atoms with van der Waals surface area (Å²) < 4.78 is 15.3. The van der Waals surface area contributed by atoms with Gasteiger partial charge in [-0.15, -0.1) is 0 Å². The molecule has 0 aliphatic rings. The minimum absolute atomic E-state index is 0.00585. The summed E-state index contributed by atoms with van der Waals surface area (Å²) in [4.78, 5) is 19.3. The molecule has 2 heterocycles. The molecule has 0 aliphatic carbocycles. The Hall–Kier alpha value is -3.02. The van der Waals surface area contributed by atoms with Crippen LogP contribution in [-0.2, 0) is 0 Å². The molecule has 6 heteroatoms. The molecule has 2 N–H and O–H groups in total. The zero-order valence-electron chi connectivity index (χ0n) is 10.9. The topological polar surface area (TPSA) is 73.8 Å². The van der Waals surface area contributed by atoms with Gasteiger partial charge in [-0.05, 0) is 18.2 Å². The van der Waals surface area contributed by atoms with Crippen molar-refractivity contribution in [2.75, 3.05) is 5.73 Å². The Morgan fingerprint density at radius 2 is 2.00 bits per heavy atom. The van der Waals surface area contributed by atoms with Gasteiger partial charge in [0.15, 0.2) is 5.82 Å². The second-order valence-corrected chi connectivity index (χ2v) is 4.38. The molecule has 0 bridgehead atoms. The highest BCUT2D eigenvalue weighted by molar-refractivity contribution is 5.63. The van der Waals surface area contributed by atoms with Gasteiger partial charge in [0, 0.05) is 23.5 Å². The number of nitrogens with two attached hydrogens (primary N) is 1. The number of anilines is 1. The van der Waals surface area contributed by atoms with Crippen LogP contribution in [0.15, 0.2) is 59.7 Å². The first-order valence-corrected chi connectivity index (χ1v) is 6.21. The molecular weight excluding hydrogens is 271 g/mol. The summed E-state index contributed by atoms with van der Waals surface area (Å²) in [5, 5.41) is 0. The Balaban J connectivity index is 2.15. The van der Waals surface area contributed by atoms with E-state index < -0.39 is 5.82 Å². The Morgan fingerprint density at radius 1 is 1.14 bits per heavy atom. The summed E-state index contributed by atoms with van der Waals surface area (Å²) in [6.07, 6.45) is 2.67. The monoisotopic (exact) mass is 282 g/mol. The standard InChI is InChI=1S/C15H11FN4O/c16-12-9-18-15(17)19-14(12)10-4-3-5-11(8-10)20-7-2-1-6-13(20)21/h1-9H,(H2,17,18,19). The SMILES string of the molecule is Nc1ncc(F)c(-c2cccc(-n3ccccc3=O)c2)n1. The van der Waals surface area contributed by atoms with Crippen LogP contribution in [0.4, 0.5) is 10.3 Å². The first-order chi connectivity index (χ1) is 10.1. The number of rotatable bonds is 2. The van der Waals surface area contributed by atoms with Gasteiger partial charge in [-0.1, -0.05) is 18.2 Å². The van der Waals surface area contributed by atoms with Crippen molar-refractivity contribution in [2.45, 2.75) is 0 Å². The molecule has 0 saturated heterocycles. The quantitative estimate of drug-likeness (QED) is 0.780. The third-order valence-corrected chi connectivity index (χ3v) is 2.98. The van der Waals surface area contributed by atoms with E-state index in [1.807, 2.05) is 0 Å². The van der Waals surface area contributed by atoms with Crippen molar-refractivity contribution >= 4 is 5.95 Å². The number of benzene rings is 1. The van der Waals surface area contributed by atoms with Gasteiger partial charge in [0.2, 0.25) is 5.95 Å². The Morgan fingerprint density at radius 3 is 2.81 bits per heavy atom. The summed E-state index contributed by atoms with van der Waals surface area (Å²) in [5.41, 5.74) is 6.57. The van der Waals surface area contributed by atoms with Gasteiger partial charge < -0.3 is 5.73 Å². The molecule has 3 aromatic rings. The van der Waals surface area contributed by atoms with Gasteiger partial charge in [0.05, 0.1) is 6.20 Å². The summed E-state index contributed by atoms with van der Waals surface area (Å²) in [6.45, 7) is 0. The van der Waals surface area contributed by atoms with Crippen LogP contribution < -0.4 is 11.3 Å². The summed E-state index contributed by atoms with van der Waals surface area (Å²) in [5.74, 6) is -0.574. The number of pyridine rings is 1. The summed E-state index contributed by atoms with van der Waals surface area (Å²) in [7, 11) is 0. The highest BCUT2D eigenvalue weighted by Gasteiger charge is 2.09.